The number of aliphatic imine (C=N–C) groups is 1. The SMILES string of the molecule is CCOP(=O)(O)OCCCCN=C=O. The maximum Gasteiger partial charge on any atom is 0.472 e. The van der Waals surface area contributed by atoms with Crippen LogP contribution in [0.2, 0.25) is 0 Å². The van der Waals surface area contributed by atoms with Crippen molar-refractivity contribution in [2.24, 2.45) is 4.99 Å². The van der Waals surface area contributed by atoms with E-state index in [9.17, 15) is 9.36 Å². The van der Waals surface area contributed by atoms with Gasteiger partial charge in [0.15, 0.2) is 0 Å². The zero-order chi connectivity index (χ0) is 10.9. The summed E-state index contributed by atoms with van der Waals surface area (Å²) in [5.74, 6) is 0. The van der Waals surface area contributed by atoms with Crippen molar-refractivity contribution in [1.82, 2.24) is 0 Å². The molecule has 0 fully saturated rings. The first-order valence-corrected chi connectivity index (χ1v) is 5.77. The average Bonchev–Trinajstić information content (AvgIpc) is 2.11. The second-order valence-corrected chi connectivity index (χ2v) is 3.85. The minimum atomic E-state index is -3.86. The molecule has 0 heterocycles. The van der Waals surface area contributed by atoms with Gasteiger partial charge in [-0.2, -0.15) is 0 Å². The number of phosphoric ester groups is 1. The van der Waals surface area contributed by atoms with Crippen LogP contribution in [0, 0.1) is 0 Å². The first-order chi connectivity index (χ1) is 6.62. The van der Waals surface area contributed by atoms with Crippen LogP contribution in [0.5, 0.6) is 0 Å². The molecule has 0 rings (SSSR count). The molecular weight excluding hydrogens is 209 g/mol. The van der Waals surface area contributed by atoms with Crippen molar-refractivity contribution in [3.63, 3.8) is 0 Å². The Morgan fingerprint density at radius 1 is 1.43 bits per heavy atom. The number of nitrogens with zero attached hydrogens (tertiary/aromatic N) is 1. The number of unbranched alkanes of at least 4 members (excludes halogenated alkanes) is 1. The normalized spacial score (nSPS) is 14.4. The molecule has 82 valence electrons. The molecule has 0 aliphatic heterocycles. The Labute approximate surface area is 82.6 Å². The standard InChI is InChI=1S/C7H14NO5P/c1-2-12-14(10,11)13-6-4-3-5-8-7-9/h2-6H2,1H3,(H,10,11). The fourth-order valence-electron chi connectivity index (χ4n) is 0.719. The van der Waals surface area contributed by atoms with Crippen molar-refractivity contribution in [3.8, 4) is 0 Å². The van der Waals surface area contributed by atoms with Crippen LogP contribution in [-0.2, 0) is 18.4 Å². The van der Waals surface area contributed by atoms with Crippen LogP contribution in [-0.4, -0.2) is 30.7 Å². The van der Waals surface area contributed by atoms with Crippen LogP contribution in [0.4, 0.5) is 0 Å². The van der Waals surface area contributed by atoms with E-state index in [1.165, 1.54) is 6.08 Å². The highest BCUT2D eigenvalue weighted by molar-refractivity contribution is 7.47. The summed E-state index contributed by atoms with van der Waals surface area (Å²) in [6, 6.07) is 0. The summed E-state index contributed by atoms with van der Waals surface area (Å²) >= 11 is 0. The molecule has 6 nitrogen and oxygen atoms in total. The number of carbonyl (C=O) groups excluding carboxylic acids is 1. The Kier molecular flexibility index (Phi) is 7.57. The van der Waals surface area contributed by atoms with E-state index in [2.05, 4.69) is 14.0 Å². The van der Waals surface area contributed by atoms with Gasteiger partial charge in [-0.05, 0) is 19.8 Å². The molecule has 7 heteroatoms. The molecule has 0 aromatic rings. The van der Waals surface area contributed by atoms with Gasteiger partial charge < -0.3 is 4.89 Å². The van der Waals surface area contributed by atoms with E-state index in [-0.39, 0.29) is 13.2 Å². The van der Waals surface area contributed by atoms with Gasteiger partial charge >= 0.3 is 7.82 Å². The second-order valence-electron chi connectivity index (χ2n) is 2.40. The van der Waals surface area contributed by atoms with E-state index >= 15 is 0 Å². The van der Waals surface area contributed by atoms with Crippen LogP contribution < -0.4 is 0 Å². The number of phosphoric acid groups is 1. The van der Waals surface area contributed by atoms with E-state index in [0.717, 1.165) is 0 Å². The highest BCUT2D eigenvalue weighted by Gasteiger charge is 2.18. The van der Waals surface area contributed by atoms with E-state index in [1.807, 2.05) is 0 Å². The molecule has 0 saturated heterocycles. The third-order valence-electron chi connectivity index (χ3n) is 1.28. The maximum absolute atomic E-state index is 10.9. The van der Waals surface area contributed by atoms with Crippen LogP contribution in [0.1, 0.15) is 19.8 Å². The number of hydrogen-bond donors (Lipinski definition) is 1. The first-order valence-electron chi connectivity index (χ1n) is 4.28. The van der Waals surface area contributed by atoms with Gasteiger partial charge in [-0.25, -0.2) is 14.4 Å². The molecule has 0 aliphatic carbocycles. The van der Waals surface area contributed by atoms with Gasteiger partial charge in [0, 0.05) is 0 Å². The fraction of sp³-hybridized carbons (Fsp3) is 0.857. The number of isocyanates is 1. The van der Waals surface area contributed by atoms with E-state index in [0.29, 0.717) is 19.4 Å². The summed E-state index contributed by atoms with van der Waals surface area (Å²) in [5, 5.41) is 0. The molecule has 0 aromatic carbocycles. The summed E-state index contributed by atoms with van der Waals surface area (Å²) in [5.41, 5.74) is 0. The Morgan fingerprint density at radius 3 is 2.71 bits per heavy atom. The van der Waals surface area contributed by atoms with Gasteiger partial charge in [0.2, 0.25) is 6.08 Å². The van der Waals surface area contributed by atoms with Crippen molar-refractivity contribution < 1.29 is 23.3 Å². The predicted molar refractivity (Wildman–Crippen MR) is 49.6 cm³/mol. The highest BCUT2D eigenvalue weighted by atomic mass is 31.2. The van der Waals surface area contributed by atoms with E-state index in [1.54, 1.807) is 6.92 Å². The van der Waals surface area contributed by atoms with Crippen LogP contribution >= 0.6 is 7.82 Å². The molecule has 14 heavy (non-hydrogen) atoms. The average molecular weight is 223 g/mol. The molecule has 0 bridgehead atoms. The molecule has 0 amide bonds. The summed E-state index contributed by atoms with van der Waals surface area (Å²) in [4.78, 5) is 21.9. The Bertz CT molecular complexity index is 238. The van der Waals surface area contributed by atoms with Crippen molar-refractivity contribution in [2.75, 3.05) is 19.8 Å². The first kappa shape index (κ1) is 13.5. The van der Waals surface area contributed by atoms with Gasteiger partial charge in [-0.3, -0.25) is 9.05 Å². The molecule has 1 N–H and O–H groups in total. The Morgan fingerprint density at radius 2 is 2.14 bits per heavy atom. The number of hydrogen-bond acceptors (Lipinski definition) is 5. The lowest BCUT2D eigenvalue weighted by Crippen LogP contribution is -1.97. The van der Waals surface area contributed by atoms with Gasteiger partial charge in [0.05, 0.1) is 19.8 Å². The molecule has 0 spiro atoms. The van der Waals surface area contributed by atoms with Crippen LogP contribution in [0.25, 0.3) is 0 Å². The van der Waals surface area contributed by atoms with Crippen LogP contribution in [0.15, 0.2) is 4.99 Å². The largest absolute Gasteiger partial charge is 0.472 e. The van der Waals surface area contributed by atoms with Crippen molar-refractivity contribution in [1.29, 1.82) is 0 Å². The lowest BCUT2D eigenvalue weighted by molar-refractivity contribution is 0.153. The van der Waals surface area contributed by atoms with Gasteiger partial charge in [-0.15, -0.1) is 0 Å². The maximum atomic E-state index is 10.9. The summed E-state index contributed by atoms with van der Waals surface area (Å²) in [7, 11) is -3.86. The third-order valence-corrected chi connectivity index (χ3v) is 2.37. The molecule has 0 aromatic heterocycles. The molecule has 1 atom stereocenters. The third kappa shape index (κ3) is 8.10. The Balaban J connectivity index is 3.43. The zero-order valence-corrected chi connectivity index (χ0v) is 8.90. The smallest absolute Gasteiger partial charge is 0.302 e. The van der Waals surface area contributed by atoms with Crippen molar-refractivity contribution in [2.45, 2.75) is 19.8 Å². The molecule has 0 saturated carbocycles. The minimum absolute atomic E-state index is 0.113. The molecule has 1 unspecified atom stereocenters. The lowest BCUT2D eigenvalue weighted by Gasteiger charge is -2.09. The number of rotatable bonds is 8. The highest BCUT2D eigenvalue weighted by Crippen LogP contribution is 2.42. The molecular formula is C7H14NO5P. The Hall–Kier alpha value is -0.510. The van der Waals surface area contributed by atoms with Crippen LogP contribution in [0.3, 0.4) is 0 Å². The zero-order valence-electron chi connectivity index (χ0n) is 8.01. The fourth-order valence-corrected chi connectivity index (χ4v) is 1.48. The van der Waals surface area contributed by atoms with Gasteiger partial charge in [0.1, 0.15) is 0 Å². The van der Waals surface area contributed by atoms with Gasteiger partial charge in [0.25, 0.3) is 0 Å². The molecule has 0 radical (unpaired) electrons. The minimum Gasteiger partial charge on any atom is -0.302 e. The second kappa shape index (κ2) is 7.85. The van der Waals surface area contributed by atoms with E-state index in [4.69, 9.17) is 4.89 Å². The monoisotopic (exact) mass is 223 g/mol. The lowest BCUT2D eigenvalue weighted by atomic mass is 10.3. The quantitative estimate of drug-likeness (QED) is 0.290. The molecule has 0 aliphatic rings. The topological polar surface area (TPSA) is 85.2 Å². The summed E-state index contributed by atoms with van der Waals surface area (Å²) in [6.07, 6.45) is 2.56. The summed E-state index contributed by atoms with van der Waals surface area (Å²) in [6.45, 7) is 2.20. The van der Waals surface area contributed by atoms with Gasteiger partial charge in [-0.1, -0.05) is 0 Å². The predicted octanol–water partition coefficient (Wildman–Crippen LogP) is 1.26. The van der Waals surface area contributed by atoms with Crippen molar-refractivity contribution >= 4 is 13.9 Å². The van der Waals surface area contributed by atoms with E-state index < -0.39 is 7.82 Å². The van der Waals surface area contributed by atoms with Crippen molar-refractivity contribution in [3.05, 3.63) is 0 Å². The summed E-state index contributed by atoms with van der Waals surface area (Å²) < 4.78 is 20.0.